The Morgan fingerprint density at radius 3 is 2.55 bits per heavy atom. The van der Waals surface area contributed by atoms with Gasteiger partial charge in [-0.15, -0.1) is 0 Å². The minimum atomic E-state index is -0.200. The first kappa shape index (κ1) is 22.4. The molecule has 1 fully saturated rings. The number of hydrogen-bond donors (Lipinski definition) is 0. The summed E-state index contributed by atoms with van der Waals surface area (Å²) in [5.74, 6) is 0.452. The summed E-state index contributed by atoms with van der Waals surface area (Å²) in [4.78, 5) is 15.1. The SMILES string of the molecule is O=C1/C(=C\c2ccccc2OCc2ccccc2Cl)SC(=S)N1c1ccc(Br)c(Cl)c1. The molecular formula is C23H14BrCl2NO2S2. The lowest BCUT2D eigenvalue weighted by Crippen LogP contribution is -2.27. The van der Waals surface area contributed by atoms with Gasteiger partial charge >= 0.3 is 0 Å². The van der Waals surface area contributed by atoms with Crippen molar-refractivity contribution in [2.75, 3.05) is 4.90 Å². The summed E-state index contributed by atoms with van der Waals surface area (Å²) >= 11 is 22.5. The van der Waals surface area contributed by atoms with E-state index < -0.39 is 0 Å². The van der Waals surface area contributed by atoms with Crippen molar-refractivity contribution in [1.82, 2.24) is 0 Å². The van der Waals surface area contributed by atoms with Gasteiger partial charge in [-0.2, -0.15) is 0 Å². The maximum absolute atomic E-state index is 13.1. The first-order chi connectivity index (χ1) is 14.9. The molecule has 1 aliphatic heterocycles. The molecule has 8 heteroatoms. The molecule has 0 saturated carbocycles. The van der Waals surface area contributed by atoms with Crippen LogP contribution in [0.1, 0.15) is 11.1 Å². The van der Waals surface area contributed by atoms with E-state index in [4.69, 9.17) is 40.2 Å². The molecule has 0 bridgehead atoms. The summed E-state index contributed by atoms with van der Waals surface area (Å²) in [6, 6.07) is 20.4. The van der Waals surface area contributed by atoms with Crippen LogP contribution in [0.25, 0.3) is 6.08 Å². The fourth-order valence-corrected chi connectivity index (χ4v) is 4.86. The topological polar surface area (TPSA) is 29.5 Å². The Balaban J connectivity index is 1.59. The quantitative estimate of drug-likeness (QED) is 0.240. The second-order valence-electron chi connectivity index (χ2n) is 6.53. The average molecular weight is 551 g/mol. The number of thiocarbonyl (C=S) groups is 1. The molecule has 4 rings (SSSR count). The number of carbonyl (C=O) groups is 1. The van der Waals surface area contributed by atoms with Crippen LogP contribution in [-0.2, 0) is 11.4 Å². The van der Waals surface area contributed by atoms with Crippen LogP contribution in [-0.4, -0.2) is 10.2 Å². The van der Waals surface area contributed by atoms with Crippen LogP contribution in [0.2, 0.25) is 10.0 Å². The van der Waals surface area contributed by atoms with Crippen molar-refractivity contribution in [2.45, 2.75) is 6.61 Å². The van der Waals surface area contributed by atoms with Gasteiger partial charge in [-0.25, -0.2) is 0 Å². The van der Waals surface area contributed by atoms with E-state index in [0.29, 0.717) is 37.3 Å². The van der Waals surface area contributed by atoms with Crippen molar-refractivity contribution in [1.29, 1.82) is 0 Å². The summed E-state index contributed by atoms with van der Waals surface area (Å²) in [7, 11) is 0. The van der Waals surface area contributed by atoms with E-state index in [1.807, 2.05) is 48.5 Å². The Morgan fingerprint density at radius 2 is 1.77 bits per heavy atom. The monoisotopic (exact) mass is 549 g/mol. The summed E-state index contributed by atoms with van der Waals surface area (Å²) < 4.78 is 7.20. The molecule has 3 nitrogen and oxygen atoms in total. The van der Waals surface area contributed by atoms with Crippen LogP contribution in [0.5, 0.6) is 5.75 Å². The Bertz CT molecular complexity index is 1220. The Labute approximate surface area is 208 Å². The molecule has 0 unspecified atom stereocenters. The number of halogens is 3. The van der Waals surface area contributed by atoms with E-state index in [1.165, 1.54) is 16.7 Å². The predicted molar refractivity (Wildman–Crippen MR) is 137 cm³/mol. The van der Waals surface area contributed by atoms with Gasteiger partial charge in [0.1, 0.15) is 12.4 Å². The lowest BCUT2D eigenvalue weighted by atomic mass is 10.1. The zero-order chi connectivity index (χ0) is 22.0. The average Bonchev–Trinajstić information content (AvgIpc) is 3.03. The number of ether oxygens (including phenoxy) is 1. The molecule has 1 aliphatic rings. The second-order valence-corrected chi connectivity index (χ2v) is 9.88. The molecule has 31 heavy (non-hydrogen) atoms. The smallest absolute Gasteiger partial charge is 0.270 e. The van der Waals surface area contributed by atoms with E-state index in [-0.39, 0.29) is 5.91 Å². The number of amides is 1. The highest BCUT2D eigenvalue weighted by atomic mass is 79.9. The van der Waals surface area contributed by atoms with E-state index in [0.717, 1.165) is 15.6 Å². The number of nitrogens with zero attached hydrogens (tertiary/aromatic N) is 1. The van der Waals surface area contributed by atoms with Gasteiger partial charge in [0, 0.05) is 20.6 Å². The fraction of sp³-hybridized carbons (Fsp3) is 0.0435. The number of benzene rings is 3. The van der Waals surface area contributed by atoms with Crippen molar-refractivity contribution in [3.63, 3.8) is 0 Å². The molecule has 0 radical (unpaired) electrons. The molecule has 3 aromatic carbocycles. The van der Waals surface area contributed by atoms with E-state index in [2.05, 4.69) is 15.9 Å². The van der Waals surface area contributed by atoms with Gasteiger partial charge in [-0.3, -0.25) is 9.69 Å². The number of anilines is 1. The molecule has 0 aliphatic carbocycles. The van der Waals surface area contributed by atoms with Crippen LogP contribution < -0.4 is 9.64 Å². The highest BCUT2D eigenvalue weighted by Crippen LogP contribution is 2.39. The van der Waals surface area contributed by atoms with Crippen LogP contribution in [0, 0.1) is 0 Å². The third-order valence-electron chi connectivity index (χ3n) is 4.50. The van der Waals surface area contributed by atoms with Gasteiger partial charge in [0.15, 0.2) is 4.32 Å². The molecule has 1 saturated heterocycles. The maximum atomic E-state index is 13.1. The van der Waals surface area contributed by atoms with Crippen LogP contribution in [0.15, 0.2) is 76.1 Å². The fourth-order valence-electron chi connectivity index (χ4n) is 2.96. The van der Waals surface area contributed by atoms with E-state index in [9.17, 15) is 4.79 Å². The van der Waals surface area contributed by atoms with Gasteiger partial charge in [-0.05, 0) is 52.3 Å². The summed E-state index contributed by atoms with van der Waals surface area (Å²) in [5.41, 5.74) is 2.30. The van der Waals surface area contributed by atoms with Crippen molar-refractivity contribution < 1.29 is 9.53 Å². The number of carbonyl (C=O) groups excluding carboxylic acids is 1. The lowest BCUT2D eigenvalue weighted by molar-refractivity contribution is -0.113. The Morgan fingerprint density at radius 1 is 1.03 bits per heavy atom. The maximum Gasteiger partial charge on any atom is 0.270 e. The molecule has 1 amide bonds. The number of para-hydroxylation sites is 1. The first-order valence-electron chi connectivity index (χ1n) is 9.12. The molecular weight excluding hydrogens is 537 g/mol. The summed E-state index contributed by atoms with van der Waals surface area (Å²) in [6.45, 7) is 0.322. The zero-order valence-electron chi connectivity index (χ0n) is 15.8. The van der Waals surface area contributed by atoms with Crippen LogP contribution in [0.4, 0.5) is 5.69 Å². The van der Waals surface area contributed by atoms with Crippen LogP contribution >= 0.6 is 63.1 Å². The molecule has 0 spiro atoms. The minimum absolute atomic E-state index is 0.200. The second kappa shape index (κ2) is 9.76. The Kier molecular flexibility index (Phi) is 7.04. The normalized spacial score (nSPS) is 15.1. The van der Waals surface area contributed by atoms with Gasteiger partial charge < -0.3 is 4.74 Å². The summed E-state index contributed by atoms with van der Waals surface area (Å²) in [6.07, 6.45) is 1.79. The van der Waals surface area contributed by atoms with E-state index >= 15 is 0 Å². The van der Waals surface area contributed by atoms with Crippen molar-refractivity contribution in [3.05, 3.63) is 97.3 Å². The van der Waals surface area contributed by atoms with Gasteiger partial charge in [0.2, 0.25) is 0 Å². The molecule has 0 N–H and O–H groups in total. The third kappa shape index (κ3) is 4.99. The molecule has 1 heterocycles. The lowest BCUT2D eigenvalue weighted by Gasteiger charge is -2.15. The predicted octanol–water partition coefficient (Wildman–Crippen LogP) is 7.74. The molecule has 0 aromatic heterocycles. The largest absolute Gasteiger partial charge is 0.488 e. The van der Waals surface area contributed by atoms with Crippen LogP contribution in [0.3, 0.4) is 0 Å². The van der Waals surface area contributed by atoms with Gasteiger partial charge in [0.05, 0.1) is 15.6 Å². The van der Waals surface area contributed by atoms with E-state index in [1.54, 1.807) is 24.3 Å². The summed E-state index contributed by atoms with van der Waals surface area (Å²) in [5, 5.41) is 1.16. The van der Waals surface area contributed by atoms with Gasteiger partial charge in [-0.1, -0.05) is 83.6 Å². The minimum Gasteiger partial charge on any atom is -0.488 e. The molecule has 156 valence electrons. The number of hydrogen-bond acceptors (Lipinski definition) is 4. The highest BCUT2D eigenvalue weighted by Gasteiger charge is 2.33. The van der Waals surface area contributed by atoms with Crippen molar-refractivity contribution >= 4 is 85.1 Å². The number of thioether (sulfide) groups is 1. The first-order valence-corrected chi connectivity index (χ1v) is 11.9. The Hall–Kier alpha value is -1.83. The molecule has 3 aromatic rings. The highest BCUT2D eigenvalue weighted by molar-refractivity contribution is 9.10. The van der Waals surface area contributed by atoms with Crippen molar-refractivity contribution in [2.24, 2.45) is 0 Å². The third-order valence-corrected chi connectivity index (χ3v) is 7.41. The standard InChI is InChI=1S/C23H14BrCl2NO2S2/c24-17-10-9-16(12-19(17)26)27-22(28)21(31-23(27)30)11-14-5-2-4-8-20(14)29-13-15-6-1-3-7-18(15)25/h1-12H,13H2/b21-11+. The molecule has 0 atom stereocenters. The van der Waals surface area contributed by atoms with Gasteiger partial charge in [0.25, 0.3) is 5.91 Å². The zero-order valence-corrected chi connectivity index (χ0v) is 20.6. The number of rotatable bonds is 5. The van der Waals surface area contributed by atoms with Crippen molar-refractivity contribution in [3.8, 4) is 5.75 Å².